The number of aliphatic hydroxyl groups excluding tert-OH is 5. The third-order valence-electron chi connectivity index (χ3n) is 10.5. The second kappa shape index (κ2) is 71.5. The number of halogens is 2. The number of ketones is 1. The topological polar surface area (TPSA) is 441 Å². The highest BCUT2D eigenvalue weighted by Gasteiger charge is 2.29. The molecule has 0 radical (unpaired) electrons. The first-order valence-corrected chi connectivity index (χ1v) is 32.3. The van der Waals surface area contributed by atoms with Gasteiger partial charge in [-0.1, -0.05) is 59.2 Å². The molecule has 0 aliphatic heterocycles. The van der Waals surface area contributed by atoms with Crippen LogP contribution in [-0.2, 0) is 58.1 Å². The number of nitrogens with one attached hydrogen (secondary N) is 9. The Morgan fingerprint density at radius 1 is 0.400 bits per heavy atom. The summed E-state index contributed by atoms with van der Waals surface area (Å²) in [6, 6.07) is 0. The Morgan fingerprint density at radius 2 is 0.690 bits per heavy atom. The van der Waals surface area contributed by atoms with Gasteiger partial charge < -0.3 is 117 Å². The fourth-order valence-electron chi connectivity index (χ4n) is 5.70. The van der Waals surface area contributed by atoms with Crippen LogP contribution in [0.3, 0.4) is 0 Å². The third-order valence-corrected chi connectivity index (χ3v) is 11.6. The van der Waals surface area contributed by atoms with Crippen molar-refractivity contribution >= 4 is 69.1 Å². The van der Waals surface area contributed by atoms with E-state index in [0.717, 1.165) is 79.3 Å². The molecule has 0 rings (SSSR count). The molecule has 0 saturated heterocycles. The lowest BCUT2D eigenvalue weighted by Gasteiger charge is -2.27. The molecule has 0 bridgehead atoms. The van der Waals surface area contributed by atoms with Gasteiger partial charge in [0, 0.05) is 64.3 Å². The molecule has 34 heteroatoms. The molecular weight excluding hydrogens is 1370 g/mol. The number of rotatable bonds is 38. The van der Waals surface area contributed by atoms with Crippen molar-refractivity contribution in [1.82, 2.24) is 57.7 Å². The normalized spacial score (nSPS) is 10.1. The number of amides is 9. The summed E-state index contributed by atoms with van der Waals surface area (Å²) in [5.74, 6) is -2.58. The van der Waals surface area contributed by atoms with Crippen LogP contribution in [0.25, 0.3) is 0 Å². The molecule has 0 saturated carbocycles. The number of hydrogen-bond donors (Lipinski definition) is 15. The van der Waals surface area contributed by atoms with Crippen LogP contribution in [0.4, 0.5) is 0 Å². The van der Waals surface area contributed by atoms with Crippen molar-refractivity contribution in [3.8, 4) is 0 Å². The lowest BCUT2D eigenvalue weighted by atomic mass is 9.98. The molecule has 0 unspecified atom stereocenters. The molecule has 0 aliphatic carbocycles. The number of likely N-dealkylation sites (N-methyl/N-ethyl adjacent to an activating group) is 2. The molecule has 31 nitrogen and oxygen atoms in total. The summed E-state index contributed by atoms with van der Waals surface area (Å²) in [6.45, 7) is 43.7. The van der Waals surface area contributed by atoms with Gasteiger partial charge in [-0.3, -0.25) is 52.5 Å². The molecule has 0 aromatic carbocycles. The molecule has 15 N–H and O–H groups in total. The lowest BCUT2D eigenvalue weighted by Crippen LogP contribution is -3.00. The van der Waals surface area contributed by atoms with Crippen LogP contribution in [0.2, 0.25) is 0 Å². The zero-order chi connectivity index (χ0) is 78.8. The molecule has 9 amide bonds. The minimum atomic E-state index is -4.08. The van der Waals surface area contributed by atoms with Gasteiger partial charge in [-0.25, -0.2) is 0 Å². The first-order valence-electron chi connectivity index (χ1n) is 30.7. The molecule has 0 heterocycles. The number of carbonyl (C=O) groups excluding carboxylic acids is 10. The van der Waals surface area contributed by atoms with Crippen LogP contribution >= 0.6 is 0 Å². The third kappa shape index (κ3) is 107. The first-order chi connectivity index (χ1) is 45.0. The van der Waals surface area contributed by atoms with Gasteiger partial charge in [0.2, 0.25) is 53.2 Å². The van der Waals surface area contributed by atoms with E-state index in [9.17, 15) is 56.4 Å². The molecular formula is C66H127Cl2N13O18S. The van der Waals surface area contributed by atoms with Gasteiger partial charge in [-0.15, -0.1) is 0 Å². The van der Waals surface area contributed by atoms with E-state index in [1.807, 2.05) is 33.1 Å². The predicted molar refractivity (Wildman–Crippen MR) is 389 cm³/mol. The Labute approximate surface area is 609 Å². The number of quaternary nitrogens is 2. The van der Waals surface area contributed by atoms with E-state index in [1.54, 1.807) is 13.8 Å². The Morgan fingerprint density at radius 3 is 0.970 bits per heavy atom. The minimum absolute atomic E-state index is 0. The number of hydrogen-bond acceptors (Lipinski definition) is 19. The molecule has 584 valence electrons. The standard InChI is InChI=1S/C9H18N2O.C9H15NO2.2C8H16N2O.C7H14N2O.C7H13NO4S.C7H13NO4.C6H11NO2.C5H9NO2.2ClH/c1-5-9(12)10-7-6-8-11(2,3)4;1-5-8(12)10-9(3,4)6-7(2)11;1-5-8(11)9-6-7-10(2,3)4;1-4-8(11)9-6-5-7-10(2)3;1-4-7(10)8-5-6-9(2)3;1-4-6(9)8-7(2,3)5-13(10,11)12;1-2-6(12)8-7(3-9,4-10)5-11;1-2-6(9)7-4-3-5-8;1-2-5(8)6-3-4-7;;/h5H,1,6-8H2,2-4H3;5H,1,6H2,2-4H3,(H,10,12);5H,1,6-7H2,2-4H3;4H,1,5-7H2,2-3H3,(H,9,11);4H,1,5-6H2,2-3H3,(H,8,10);4H,1,5H2,2-3H3,(H,8,9)(H,10,11,12);2,9-11H,1,3-5H2,(H,8,12);2,8H,1,3-5H2,(H,7,9);2,7H,1,3-4H2,(H,6,8);2*1H. The van der Waals surface area contributed by atoms with Gasteiger partial charge in [-0.05, 0) is 137 Å². The van der Waals surface area contributed by atoms with Gasteiger partial charge in [-0.2, -0.15) is 8.42 Å². The maximum Gasteiger partial charge on any atom is 0.267 e. The highest BCUT2D eigenvalue weighted by atomic mass is 35.5. The van der Waals surface area contributed by atoms with Crippen molar-refractivity contribution in [1.29, 1.82) is 0 Å². The van der Waals surface area contributed by atoms with E-state index in [0.29, 0.717) is 39.0 Å². The van der Waals surface area contributed by atoms with Crippen LogP contribution < -0.4 is 72.7 Å². The summed E-state index contributed by atoms with van der Waals surface area (Å²) >= 11 is 0. The maximum absolute atomic E-state index is 10.9. The summed E-state index contributed by atoms with van der Waals surface area (Å²) in [4.78, 5) is 110. The zero-order valence-electron chi connectivity index (χ0n) is 62.2. The van der Waals surface area contributed by atoms with Crippen LogP contribution in [0, 0.1) is 0 Å². The van der Waals surface area contributed by atoms with Crippen molar-refractivity contribution < 1.29 is 120 Å². The highest BCUT2D eigenvalue weighted by molar-refractivity contribution is 7.85. The number of nitrogens with zero attached hydrogens (tertiary/aromatic N) is 4. The predicted octanol–water partition coefficient (Wildman–Crippen LogP) is -7.56. The highest BCUT2D eigenvalue weighted by Crippen LogP contribution is 2.08. The lowest BCUT2D eigenvalue weighted by molar-refractivity contribution is -0.870. The smallest absolute Gasteiger partial charge is 0.267 e. The van der Waals surface area contributed by atoms with Gasteiger partial charge in [0.25, 0.3) is 10.1 Å². The largest absolute Gasteiger partial charge is 1.00 e. The Hall–Kier alpha value is -7.31. The van der Waals surface area contributed by atoms with Crippen molar-refractivity contribution in [3.05, 3.63) is 114 Å². The average Bonchev–Trinajstić information content (AvgIpc) is 1.10. The minimum Gasteiger partial charge on any atom is -1.00 e. The van der Waals surface area contributed by atoms with Crippen LogP contribution in [-0.4, -0.2) is 308 Å². The SMILES string of the molecule is C=CC(=O)NC(C)(C)CC(C)=O.C=CC(=O)NC(C)(C)CS(=O)(=O)O.C=CC(=O)NC(CO)(CO)CO.C=CC(=O)NCCCN(C)C.C=CC(=O)NCCCO.C=CC(=O)NCCC[N+](C)(C)C.C=CC(=O)NCCN(C)C.C=CC(=O)NCCO.C=CC(=O)NCC[N+](C)(C)C.[Cl-].[Cl-]. The quantitative estimate of drug-likeness (QED) is 0.0118. The molecule has 0 fully saturated rings. The summed E-state index contributed by atoms with van der Waals surface area (Å²) in [5.41, 5.74) is -2.83. The fraction of sp³-hybridized carbons (Fsp3) is 0.576. The van der Waals surface area contributed by atoms with Crippen molar-refractivity contribution in [3.63, 3.8) is 0 Å². The van der Waals surface area contributed by atoms with Gasteiger partial charge in [0.1, 0.15) is 11.3 Å². The Bertz CT molecular complexity index is 2480. The summed E-state index contributed by atoms with van der Waals surface area (Å²) < 4.78 is 31.3. The fourth-order valence-corrected chi connectivity index (χ4v) is 6.68. The van der Waals surface area contributed by atoms with E-state index in [4.69, 9.17) is 30.1 Å². The zero-order valence-corrected chi connectivity index (χ0v) is 64.6. The van der Waals surface area contributed by atoms with Crippen molar-refractivity contribution in [2.24, 2.45) is 0 Å². The Kier molecular flexibility index (Phi) is 83.5. The Balaban J connectivity index is -0.0000000991. The second-order valence-corrected chi connectivity index (χ2v) is 25.8. The number of aliphatic hydroxyl groups is 5. The summed E-state index contributed by atoms with van der Waals surface area (Å²) in [7, 11) is 16.5. The maximum atomic E-state index is 10.9. The summed E-state index contributed by atoms with van der Waals surface area (Å²) in [5, 5.41) is 65.7. The number of carbonyl (C=O) groups is 10. The molecule has 0 aromatic heterocycles. The van der Waals surface area contributed by atoms with E-state index in [2.05, 4.69) is 154 Å². The second-order valence-electron chi connectivity index (χ2n) is 24.3. The van der Waals surface area contributed by atoms with Gasteiger partial charge >= 0.3 is 0 Å². The molecule has 0 aliphatic rings. The van der Waals surface area contributed by atoms with Gasteiger partial charge in [0.05, 0.1) is 99.6 Å². The molecule has 0 spiro atoms. The molecule has 100 heavy (non-hydrogen) atoms. The summed E-state index contributed by atoms with van der Waals surface area (Å²) in [6.07, 6.45) is 13.7. The first kappa shape index (κ1) is 117. The average molecular weight is 1490 g/mol. The van der Waals surface area contributed by atoms with Crippen LogP contribution in [0.15, 0.2) is 114 Å². The van der Waals surface area contributed by atoms with Crippen LogP contribution in [0.1, 0.15) is 60.3 Å². The molecule has 0 atom stereocenters. The van der Waals surface area contributed by atoms with E-state index >= 15 is 0 Å². The number of Topliss-reactive ketones (excluding diaryl/α,β-unsaturated/α-hetero) is 1. The van der Waals surface area contributed by atoms with E-state index in [-0.39, 0.29) is 85.2 Å². The van der Waals surface area contributed by atoms with Gasteiger partial charge in [0.15, 0.2) is 0 Å². The monoisotopic (exact) mass is 1490 g/mol. The van der Waals surface area contributed by atoms with Crippen molar-refractivity contribution in [2.75, 3.05) is 175 Å². The van der Waals surface area contributed by atoms with Crippen LogP contribution in [0.5, 0.6) is 0 Å². The van der Waals surface area contributed by atoms with E-state index in [1.165, 1.54) is 57.2 Å². The van der Waals surface area contributed by atoms with Crippen molar-refractivity contribution in [2.45, 2.75) is 76.9 Å². The van der Waals surface area contributed by atoms with E-state index < -0.39 is 64.1 Å². The molecule has 0 aromatic rings.